The maximum atomic E-state index is 12.2. The molecule has 4 aliphatic carbocycles. The van der Waals surface area contributed by atoms with Crippen molar-refractivity contribution >= 4 is 11.9 Å². The van der Waals surface area contributed by atoms with Gasteiger partial charge in [0.25, 0.3) is 0 Å². The monoisotopic (exact) mass is 404 g/mol. The Kier molecular flexibility index (Phi) is 5.31. The minimum Gasteiger partial charge on any atom is -0.481 e. The third-order valence-electron chi connectivity index (χ3n) is 9.79. The molecule has 0 heterocycles. The first-order valence-corrected chi connectivity index (χ1v) is 12.0. The SMILES string of the molecule is CC(C)CC(=O)OC[C@@H]1C[C@]23CC[C@@H]4[C@](C)(CCC[C@]4(C)C(=O)O)[C@H]2CC[C@H]1C3. The fourth-order valence-electron chi connectivity index (χ4n) is 8.63. The molecule has 4 heteroatoms. The molecule has 0 aliphatic heterocycles. The molecule has 2 bridgehead atoms. The van der Waals surface area contributed by atoms with Gasteiger partial charge in [0.05, 0.1) is 12.0 Å². The molecule has 7 atom stereocenters. The number of carboxylic acids is 1. The predicted molar refractivity (Wildman–Crippen MR) is 112 cm³/mol. The second-order valence-electron chi connectivity index (χ2n) is 11.9. The number of carbonyl (C=O) groups excluding carboxylic acids is 1. The minimum absolute atomic E-state index is 0.0457. The van der Waals surface area contributed by atoms with Crippen molar-refractivity contribution in [2.75, 3.05) is 6.61 Å². The summed E-state index contributed by atoms with van der Waals surface area (Å²) in [5.41, 5.74) is -0.0479. The Labute approximate surface area is 176 Å². The van der Waals surface area contributed by atoms with Gasteiger partial charge in [0.1, 0.15) is 0 Å². The van der Waals surface area contributed by atoms with Crippen molar-refractivity contribution in [1.82, 2.24) is 0 Å². The Bertz CT molecular complexity index is 672. The van der Waals surface area contributed by atoms with Gasteiger partial charge in [-0.25, -0.2) is 0 Å². The van der Waals surface area contributed by atoms with Gasteiger partial charge in [-0.3, -0.25) is 9.59 Å². The molecule has 4 rings (SSSR count). The van der Waals surface area contributed by atoms with Gasteiger partial charge >= 0.3 is 11.9 Å². The lowest BCUT2D eigenvalue weighted by atomic mass is 9.41. The second-order valence-corrected chi connectivity index (χ2v) is 11.9. The van der Waals surface area contributed by atoms with E-state index >= 15 is 0 Å². The van der Waals surface area contributed by atoms with Gasteiger partial charge in [-0.1, -0.05) is 27.2 Å². The van der Waals surface area contributed by atoms with Crippen LogP contribution in [0.4, 0.5) is 0 Å². The molecule has 0 radical (unpaired) electrons. The number of hydrogen-bond acceptors (Lipinski definition) is 3. The fourth-order valence-corrected chi connectivity index (χ4v) is 8.63. The van der Waals surface area contributed by atoms with Crippen LogP contribution in [-0.4, -0.2) is 23.7 Å². The molecule has 29 heavy (non-hydrogen) atoms. The van der Waals surface area contributed by atoms with Gasteiger partial charge in [0, 0.05) is 6.42 Å². The molecule has 0 unspecified atom stereocenters. The van der Waals surface area contributed by atoms with E-state index in [-0.39, 0.29) is 11.4 Å². The van der Waals surface area contributed by atoms with E-state index in [0.717, 1.165) is 19.3 Å². The van der Waals surface area contributed by atoms with Crippen LogP contribution in [0, 0.1) is 45.8 Å². The van der Waals surface area contributed by atoms with Crippen molar-refractivity contribution in [3.8, 4) is 0 Å². The number of hydrogen-bond donors (Lipinski definition) is 1. The van der Waals surface area contributed by atoms with E-state index in [1.807, 2.05) is 6.92 Å². The van der Waals surface area contributed by atoms with E-state index in [2.05, 4.69) is 20.8 Å². The highest BCUT2D eigenvalue weighted by molar-refractivity contribution is 5.75. The van der Waals surface area contributed by atoms with Crippen LogP contribution in [0.15, 0.2) is 0 Å². The lowest BCUT2D eigenvalue weighted by Crippen LogP contribution is -2.58. The highest BCUT2D eigenvalue weighted by atomic mass is 16.5. The van der Waals surface area contributed by atoms with Crippen LogP contribution < -0.4 is 0 Å². The normalized spacial score (nSPS) is 46.1. The number of fused-ring (bicyclic) bond motifs is 3. The molecule has 4 fully saturated rings. The largest absolute Gasteiger partial charge is 0.481 e. The number of aliphatic carboxylic acids is 1. The van der Waals surface area contributed by atoms with Crippen molar-refractivity contribution in [3.05, 3.63) is 0 Å². The van der Waals surface area contributed by atoms with Crippen molar-refractivity contribution in [2.24, 2.45) is 45.8 Å². The summed E-state index contributed by atoms with van der Waals surface area (Å²) in [4.78, 5) is 24.3. The Balaban J connectivity index is 1.51. The van der Waals surface area contributed by atoms with E-state index in [1.165, 1.54) is 38.5 Å². The van der Waals surface area contributed by atoms with Crippen molar-refractivity contribution in [2.45, 2.75) is 91.9 Å². The molecule has 1 N–H and O–H groups in total. The number of carbonyl (C=O) groups is 2. The molecule has 0 saturated heterocycles. The molecule has 0 aromatic rings. The molecular weight excluding hydrogens is 364 g/mol. The number of ether oxygens (including phenoxy) is 1. The summed E-state index contributed by atoms with van der Waals surface area (Å²) in [5.74, 6) is 1.85. The van der Waals surface area contributed by atoms with E-state index < -0.39 is 11.4 Å². The zero-order chi connectivity index (χ0) is 21.0. The fraction of sp³-hybridized carbons (Fsp3) is 0.920. The Morgan fingerprint density at radius 3 is 2.48 bits per heavy atom. The molecule has 164 valence electrons. The summed E-state index contributed by atoms with van der Waals surface area (Å²) >= 11 is 0. The summed E-state index contributed by atoms with van der Waals surface area (Å²) in [5, 5.41) is 10.1. The van der Waals surface area contributed by atoms with E-state index in [1.54, 1.807) is 0 Å². The maximum absolute atomic E-state index is 12.2. The summed E-state index contributed by atoms with van der Waals surface area (Å²) in [6.45, 7) is 9.16. The average Bonchev–Trinajstić information content (AvgIpc) is 2.89. The zero-order valence-corrected chi connectivity index (χ0v) is 18.8. The molecule has 0 aromatic carbocycles. The van der Waals surface area contributed by atoms with Gasteiger partial charge < -0.3 is 9.84 Å². The summed E-state index contributed by atoms with van der Waals surface area (Å²) < 4.78 is 5.70. The van der Waals surface area contributed by atoms with Crippen molar-refractivity contribution in [1.29, 1.82) is 0 Å². The number of esters is 1. The first-order valence-electron chi connectivity index (χ1n) is 12.0. The summed E-state index contributed by atoms with van der Waals surface area (Å²) in [7, 11) is 0. The quantitative estimate of drug-likeness (QED) is 0.598. The summed E-state index contributed by atoms with van der Waals surface area (Å²) in [6, 6.07) is 0. The molecule has 4 nitrogen and oxygen atoms in total. The van der Waals surface area contributed by atoms with Crippen LogP contribution in [0.5, 0.6) is 0 Å². The number of carboxylic acid groups (broad SMARTS) is 1. The van der Waals surface area contributed by atoms with Crippen LogP contribution in [0.25, 0.3) is 0 Å². The first kappa shape index (κ1) is 21.2. The van der Waals surface area contributed by atoms with Crippen LogP contribution in [0.2, 0.25) is 0 Å². The smallest absolute Gasteiger partial charge is 0.309 e. The van der Waals surface area contributed by atoms with Crippen LogP contribution in [0.1, 0.15) is 91.9 Å². The topological polar surface area (TPSA) is 63.6 Å². The summed E-state index contributed by atoms with van der Waals surface area (Å²) in [6.07, 6.45) is 10.7. The lowest BCUT2D eigenvalue weighted by Gasteiger charge is -2.63. The van der Waals surface area contributed by atoms with E-state index in [9.17, 15) is 14.7 Å². The van der Waals surface area contributed by atoms with Gasteiger partial charge in [0.2, 0.25) is 0 Å². The molecule has 4 saturated carbocycles. The zero-order valence-electron chi connectivity index (χ0n) is 18.8. The average molecular weight is 405 g/mol. The van der Waals surface area contributed by atoms with Crippen molar-refractivity contribution < 1.29 is 19.4 Å². The Morgan fingerprint density at radius 1 is 1.03 bits per heavy atom. The highest BCUT2D eigenvalue weighted by Gasteiger charge is 2.65. The minimum atomic E-state index is -0.584. The first-order chi connectivity index (χ1) is 13.6. The third-order valence-corrected chi connectivity index (χ3v) is 9.79. The Morgan fingerprint density at radius 2 is 1.79 bits per heavy atom. The second kappa shape index (κ2) is 7.27. The molecule has 4 aliphatic rings. The van der Waals surface area contributed by atoms with Crippen LogP contribution in [-0.2, 0) is 14.3 Å². The highest BCUT2D eigenvalue weighted by Crippen LogP contribution is 2.72. The lowest BCUT2D eigenvalue weighted by molar-refractivity contribution is -0.181. The van der Waals surface area contributed by atoms with Gasteiger partial charge in [-0.05, 0) is 98.7 Å². The van der Waals surface area contributed by atoms with Gasteiger partial charge in [-0.2, -0.15) is 0 Å². The molecule has 1 spiro atoms. The molecular formula is C25H40O4. The van der Waals surface area contributed by atoms with E-state index in [0.29, 0.717) is 48.0 Å². The van der Waals surface area contributed by atoms with Crippen molar-refractivity contribution in [3.63, 3.8) is 0 Å². The predicted octanol–water partition coefficient (Wildman–Crippen LogP) is 5.69. The standard InChI is InChI=1S/C25H40O4/c1-16(2)12-21(26)29-15-18-14-25-11-8-19-23(3,20(25)7-6-17(18)13-25)9-5-10-24(19,4)22(27)28/h16-20H,5-15H2,1-4H3,(H,27,28)/t17-,18-,19+,20+,23-,24-,25+/m0/s1. The van der Waals surface area contributed by atoms with Gasteiger partial charge in [0.15, 0.2) is 0 Å². The third kappa shape index (κ3) is 3.33. The van der Waals surface area contributed by atoms with Gasteiger partial charge in [-0.15, -0.1) is 0 Å². The molecule has 0 aromatic heterocycles. The molecule has 0 amide bonds. The maximum Gasteiger partial charge on any atom is 0.309 e. The Hall–Kier alpha value is -1.06. The number of rotatable bonds is 5. The van der Waals surface area contributed by atoms with E-state index in [4.69, 9.17) is 4.74 Å². The van der Waals surface area contributed by atoms with Crippen LogP contribution >= 0.6 is 0 Å². The van der Waals surface area contributed by atoms with Crippen LogP contribution in [0.3, 0.4) is 0 Å².